The Hall–Kier alpha value is -1.44. The Morgan fingerprint density at radius 1 is 1.16 bits per heavy atom. The van der Waals surface area contributed by atoms with Crippen LogP contribution in [0.2, 0.25) is 0 Å². The third-order valence-corrected chi connectivity index (χ3v) is 6.88. The van der Waals surface area contributed by atoms with E-state index in [4.69, 9.17) is 12.2 Å². The lowest BCUT2D eigenvalue weighted by molar-refractivity contribution is 0.264. The second-order valence-electron chi connectivity index (χ2n) is 6.73. The number of hydrogen-bond donors (Lipinski definition) is 1. The Morgan fingerprint density at radius 3 is 2.16 bits per heavy atom. The van der Waals surface area contributed by atoms with Gasteiger partial charge in [-0.25, -0.2) is 8.42 Å². The summed E-state index contributed by atoms with van der Waals surface area (Å²) in [6.07, 6.45) is 0. The fourth-order valence-corrected chi connectivity index (χ4v) is 5.26. The quantitative estimate of drug-likeness (QED) is 0.641. The minimum atomic E-state index is -3.49. The number of aryl methyl sites for hydroxylation is 3. The van der Waals surface area contributed by atoms with Crippen molar-refractivity contribution in [2.75, 3.05) is 32.7 Å². The van der Waals surface area contributed by atoms with Crippen molar-refractivity contribution in [1.82, 2.24) is 14.5 Å². The van der Waals surface area contributed by atoms with Gasteiger partial charge in [-0.05, 0) is 51.0 Å². The molecule has 0 aromatic heterocycles. The maximum atomic E-state index is 13.1. The van der Waals surface area contributed by atoms with Crippen LogP contribution in [0.25, 0.3) is 0 Å². The lowest BCUT2D eigenvalue weighted by Gasteiger charge is -2.36. The summed E-state index contributed by atoms with van der Waals surface area (Å²) in [6, 6.07) is 3.85. The van der Waals surface area contributed by atoms with Gasteiger partial charge >= 0.3 is 0 Å². The molecule has 1 saturated heterocycles. The number of nitrogens with one attached hydrogen (secondary N) is 1. The van der Waals surface area contributed by atoms with Crippen molar-refractivity contribution in [3.63, 3.8) is 0 Å². The zero-order valence-corrected chi connectivity index (χ0v) is 17.1. The molecule has 25 heavy (non-hydrogen) atoms. The van der Waals surface area contributed by atoms with Crippen LogP contribution < -0.4 is 5.32 Å². The number of thiocarbonyl (C=S) groups is 1. The average Bonchev–Trinajstić information content (AvgIpc) is 2.51. The van der Waals surface area contributed by atoms with Crippen LogP contribution in [0.15, 0.2) is 29.2 Å². The van der Waals surface area contributed by atoms with Crippen LogP contribution in [0.4, 0.5) is 0 Å². The van der Waals surface area contributed by atoms with Gasteiger partial charge in [0.25, 0.3) is 0 Å². The van der Waals surface area contributed by atoms with E-state index in [9.17, 15) is 8.42 Å². The first-order valence-corrected chi connectivity index (χ1v) is 10.2. The van der Waals surface area contributed by atoms with E-state index in [1.165, 1.54) is 0 Å². The summed E-state index contributed by atoms with van der Waals surface area (Å²) >= 11 is 5.38. The second-order valence-corrected chi connectivity index (χ2v) is 9.00. The Balaban J connectivity index is 2.10. The monoisotopic (exact) mass is 381 g/mol. The molecule has 0 saturated carbocycles. The minimum Gasteiger partial charge on any atom is -0.359 e. The molecule has 1 N–H and O–H groups in total. The molecule has 0 unspecified atom stereocenters. The van der Waals surface area contributed by atoms with E-state index in [1.807, 2.05) is 44.7 Å². The second kappa shape index (κ2) is 7.85. The van der Waals surface area contributed by atoms with Crippen molar-refractivity contribution in [3.05, 3.63) is 41.0 Å². The lowest BCUT2D eigenvalue weighted by Crippen LogP contribution is -2.53. The molecule has 7 heteroatoms. The molecule has 1 heterocycles. The van der Waals surface area contributed by atoms with Gasteiger partial charge in [-0.15, -0.1) is 0 Å². The summed E-state index contributed by atoms with van der Waals surface area (Å²) in [6.45, 7) is 14.2. The highest BCUT2D eigenvalue weighted by Gasteiger charge is 2.31. The third-order valence-electron chi connectivity index (χ3n) is 4.27. The van der Waals surface area contributed by atoms with Crippen LogP contribution in [0.3, 0.4) is 0 Å². The minimum absolute atomic E-state index is 0.435. The molecule has 0 aliphatic carbocycles. The summed E-state index contributed by atoms with van der Waals surface area (Å²) in [5.41, 5.74) is 3.69. The molecule has 0 spiro atoms. The van der Waals surface area contributed by atoms with Crippen molar-refractivity contribution in [2.45, 2.75) is 32.6 Å². The summed E-state index contributed by atoms with van der Waals surface area (Å²) in [4.78, 5) is 2.45. The van der Waals surface area contributed by atoms with Gasteiger partial charge in [0.2, 0.25) is 10.0 Å². The number of rotatable bonds is 4. The van der Waals surface area contributed by atoms with Gasteiger partial charge in [0.05, 0.1) is 4.90 Å². The highest BCUT2D eigenvalue weighted by Crippen LogP contribution is 2.26. The van der Waals surface area contributed by atoms with Crippen molar-refractivity contribution in [2.24, 2.45) is 0 Å². The standard InChI is InChI=1S/C18H27N3O2S2/c1-13(2)12-19-18(24)20-6-8-21(9-7-20)25(22,23)17-15(4)10-14(3)11-16(17)5/h10-11H,1,6-9,12H2,2-5H3,(H,19,24). The van der Waals surface area contributed by atoms with Gasteiger partial charge in [-0.2, -0.15) is 4.31 Å². The topological polar surface area (TPSA) is 52.6 Å². The van der Waals surface area contributed by atoms with E-state index >= 15 is 0 Å². The van der Waals surface area contributed by atoms with Crippen molar-refractivity contribution in [1.29, 1.82) is 0 Å². The number of hydrogen-bond acceptors (Lipinski definition) is 3. The largest absolute Gasteiger partial charge is 0.359 e. The summed E-state index contributed by atoms with van der Waals surface area (Å²) in [5, 5.41) is 3.81. The van der Waals surface area contributed by atoms with Crippen LogP contribution in [-0.4, -0.2) is 55.5 Å². The van der Waals surface area contributed by atoms with Gasteiger partial charge in [0.1, 0.15) is 0 Å². The average molecular weight is 382 g/mol. The summed E-state index contributed by atoms with van der Waals surface area (Å²) in [5.74, 6) is 0. The zero-order chi connectivity index (χ0) is 18.8. The zero-order valence-electron chi connectivity index (χ0n) is 15.4. The molecule has 0 amide bonds. The molecule has 1 aliphatic rings. The Kier molecular flexibility index (Phi) is 6.24. The molecule has 2 rings (SSSR count). The first-order chi connectivity index (χ1) is 11.6. The first kappa shape index (κ1) is 19.9. The molecule has 1 fully saturated rings. The number of nitrogens with zero attached hydrogens (tertiary/aromatic N) is 2. The number of benzene rings is 1. The molecular formula is C18H27N3O2S2. The van der Waals surface area contributed by atoms with E-state index in [1.54, 1.807) is 4.31 Å². The highest BCUT2D eigenvalue weighted by atomic mass is 32.2. The maximum Gasteiger partial charge on any atom is 0.243 e. The van der Waals surface area contributed by atoms with Gasteiger partial charge in [0, 0.05) is 32.7 Å². The van der Waals surface area contributed by atoms with Crippen LogP contribution in [0, 0.1) is 20.8 Å². The molecule has 1 aromatic carbocycles. The van der Waals surface area contributed by atoms with Crippen LogP contribution in [0.5, 0.6) is 0 Å². The normalized spacial score (nSPS) is 15.9. The van der Waals surface area contributed by atoms with Gasteiger partial charge in [-0.1, -0.05) is 29.8 Å². The van der Waals surface area contributed by atoms with Crippen LogP contribution >= 0.6 is 12.2 Å². The molecular weight excluding hydrogens is 354 g/mol. The van der Waals surface area contributed by atoms with Gasteiger partial charge < -0.3 is 10.2 Å². The predicted octanol–water partition coefficient (Wildman–Crippen LogP) is 2.37. The highest BCUT2D eigenvalue weighted by molar-refractivity contribution is 7.89. The Morgan fingerprint density at radius 2 is 1.68 bits per heavy atom. The molecule has 0 radical (unpaired) electrons. The molecule has 5 nitrogen and oxygen atoms in total. The Labute approximate surface area is 156 Å². The van der Waals surface area contributed by atoms with E-state index in [0.717, 1.165) is 22.3 Å². The fourth-order valence-electron chi connectivity index (χ4n) is 3.17. The van der Waals surface area contributed by atoms with E-state index in [-0.39, 0.29) is 0 Å². The Bertz CT molecular complexity index is 757. The van der Waals surface area contributed by atoms with Crippen LogP contribution in [-0.2, 0) is 10.0 Å². The summed E-state index contributed by atoms with van der Waals surface area (Å²) in [7, 11) is -3.49. The van der Waals surface area contributed by atoms with E-state index < -0.39 is 10.0 Å². The molecule has 138 valence electrons. The van der Waals surface area contributed by atoms with Gasteiger partial charge in [-0.3, -0.25) is 0 Å². The molecule has 1 aromatic rings. The summed E-state index contributed by atoms with van der Waals surface area (Å²) < 4.78 is 27.7. The lowest BCUT2D eigenvalue weighted by atomic mass is 10.1. The first-order valence-electron chi connectivity index (χ1n) is 8.38. The molecule has 0 bridgehead atoms. The van der Waals surface area contributed by atoms with Crippen molar-refractivity contribution >= 4 is 27.4 Å². The smallest absolute Gasteiger partial charge is 0.243 e. The fraction of sp³-hybridized carbons (Fsp3) is 0.500. The van der Waals surface area contributed by atoms with Crippen molar-refractivity contribution in [3.8, 4) is 0 Å². The maximum absolute atomic E-state index is 13.1. The van der Waals surface area contributed by atoms with E-state index in [0.29, 0.717) is 42.7 Å². The SMILES string of the molecule is C=C(C)CNC(=S)N1CCN(S(=O)(=O)c2c(C)cc(C)cc2C)CC1. The van der Waals surface area contributed by atoms with Crippen LogP contribution in [0.1, 0.15) is 23.6 Å². The predicted molar refractivity (Wildman–Crippen MR) is 106 cm³/mol. The molecule has 1 aliphatic heterocycles. The van der Waals surface area contributed by atoms with Gasteiger partial charge in [0.15, 0.2) is 5.11 Å². The molecule has 0 atom stereocenters. The number of piperazine rings is 1. The third kappa shape index (κ3) is 4.59. The van der Waals surface area contributed by atoms with Crippen molar-refractivity contribution < 1.29 is 8.42 Å². The van der Waals surface area contributed by atoms with E-state index in [2.05, 4.69) is 11.9 Å². The number of sulfonamides is 1.